The van der Waals surface area contributed by atoms with Crippen molar-refractivity contribution in [2.45, 2.75) is 37.9 Å². The first-order chi connectivity index (χ1) is 15.5. The molecule has 0 aliphatic carbocycles. The number of methoxy groups -OCH3 is 1. The Morgan fingerprint density at radius 1 is 1.34 bits per heavy atom. The number of nitrogens with zero attached hydrogens (tertiary/aromatic N) is 6. The summed E-state index contributed by atoms with van der Waals surface area (Å²) in [5.41, 5.74) is -1.02. The monoisotopic (exact) mass is 440 g/mol. The summed E-state index contributed by atoms with van der Waals surface area (Å²) in [4.78, 5) is 29.3. The Kier molecular flexibility index (Phi) is 6.08. The number of carbonyl (C=O) groups excluding carboxylic acids is 1. The third kappa shape index (κ3) is 3.90. The number of ether oxygens (including phenoxy) is 2. The molecule has 168 valence electrons. The van der Waals surface area contributed by atoms with Gasteiger partial charge in [-0.3, -0.25) is 9.78 Å². The Balaban J connectivity index is 1.53. The Morgan fingerprint density at radius 3 is 2.81 bits per heavy atom. The number of amides is 1. The number of piperidine rings is 1. The Morgan fingerprint density at radius 2 is 2.12 bits per heavy atom. The van der Waals surface area contributed by atoms with Crippen LogP contribution in [0.1, 0.15) is 43.4 Å². The number of aromatic nitrogens is 3. The standard InChI is InChI=1S/C22H25FN6O3/c1-3-17-16-13-25-12-15(11-24)20(16)32-9-8-29(17)21(30)22(23)4-6-28(7-5-22)18-10-19(31-2)27-14-26-18/h10,12-14,17H,3-9H2,1-2H3/t17-/m0/s1. The van der Waals surface area contributed by atoms with Crippen molar-refractivity contribution in [2.75, 3.05) is 38.3 Å². The zero-order valence-corrected chi connectivity index (χ0v) is 18.1. The molecule has 0 saturated carbocycles. The molecule has 9 nitrogen and oxygen atoms in total. The maximum atomic E-state index is 16.0. The molecule has 10 heteroatoms. The molecule has 1 atom stereocenters. The SMILES string of the molecule is CC[C@H]1c2cncc(C#N)c2OCCN1C(=O)C1(F)CCN(c2cc(OC)ncn2)CC1. The third-order valence-electron chi connectivity index (χ3n) is 6.11. The van der Waals surface area contributed by atoms with E-state index in [0.29, 0.717) is 48.1 Å². The first-order valence-corrected chi connectivity index (χ1v) is 10.6. The molecule has 2 aromatic heterocycles. The fourth-order valence-corrected chi connectivity index (χ4v) is 4.37. The van der Waals surface area contributed by atoms with E-state index >= 15 is 4.39 Å². The number of hydrogen-bond acceptors (Lipinski definition) is 8. The van der Waals surface area contributed by atoms with E-state index in [-0.39, 0.29) is 26.0 Å². The van der Waals surface area contributed by atoms with Gasteiger partial charge in [0.05, 0.1) is 19.7 Å². The number of fused-ring (bicyclic) bond motifs is 1. The minimum atomic E-state index is -1.98. The number of nitriles is 1. The lowest BCUT2D eigenvalue weighted by Gasteiger charge is -2.40. The van der Waals surface area contributed by atoms with E-state index in [1.807, 2.05) is 11.8 Å². The van der Waals surface area contributed by atoms with Crippen LogP contribution in [-0.2, 0) is 4.79 Å². The molecule has 4 heterocycles. The molecule has 0 radical (unpaired) electrons. The number of anilines is 1. The number of halogens is 1. The zero-order chi connectivity index (χ0) is 22.7. The summed E-state index contributed by atoms with van der Waals surface area (Å²) >= 11 is 0. The highest BCUT2D eigenvalue weighted by molar-refractivity contribution is 5.86. The van der Waals surface area contributed by atoms with Gasteiger partial charge in [0, 0.05) is 50.0 Å². The number of rotatable bonds is 4. The van der Waals surface area contributed by atoms with E-state index < -0.39 is 17.6 Å². The highest BCUT2D eigenvalue weighted by atomic mass is 19.1. The fourth-order valence-electron chi connectivity index (χ4n) is 4.37. The van der Waals surface area contributed by atoms with Gasteiger partial charge in [0.15, 0.2) is 5.67 Å². The van der Waals surface area contributed by atoms with Crippen molar-refractivity contribution >= 4 is 11.7 Å². The summed E-state index contributed by atoms with van der Waals surface area (Å²) in [6.45, 7) is 3.06. The summed E-state index contributed by atoms with van der Waals surface area (Å²) in [6.07, 6.45) is 5.11. The Bertz CT molecular complexity index is 1030. The molecule has 0 N–H and O–H groups in total. The molecule has 32 heavy (non-hydrogen) atoms. The van der Waals surface area contributed by atoms with Crippen molar-refractivity contribution in [3.8, 4) is 17.7 Å². The van der Waals surface area contributed by atoms with E-state index in [1.54, 1.807) is 17.2 Å². The van der Waals surface area contributed by atoms with Crippen LogP contribution >= 0.6 is 0 Å². The van der Waals surface area contributed by atoms with Gasteiger partial charge < -0.3 is 19.3 Å². The summed E-state index contributed by atoms with van der Waals surface area (Å²) in [5, 5.41) is 9.38. The summed E-state index contributed by atoms with van der Waals surface area (Å²) in [5.74, 6) is 0.973. The average molecular weight is 440 g/mol. The second-order valence-corrected chi connectivity index (χ2v) is 7.86. The van der Waals surface area contributed by atoms with Gasteiger partial charge in [-0.15, -0.1) is 0 Å². The summed E-state index contributed by atoms with van der Waals surface area (Å²) in [6, 6.07) is 3.37. The van der Waals surface area contributed by atoms with Crippen LogP contribution in [0.25, 0.3) is 0 Å². The molecule has 2 aliphatic heterocycles. The normalized spacial score (nSPS) is 19.9. The zero-order valence-electron chi connectivity index (χ0n) is 18.1. The minimum Gasteiger partial charge on any atom is -0.490 e. The molecule has 0 bridgehead atoms. The number of alkyl halides is 1. The van der Waals surface area contributed by atoms with E-state index in [9.17, 15) is 10.1 Å². The molecule has 4 rings (SSSR count). The third-order valence-corrected chi connectivity index (χ3v) is 6.11. The van der Waals surface area contributed by atoms with Crippen molar-refractivity contribution < 1.29 is 18.7 Å². The van der Waals surface area contributed by atoms with Gasteiger partial charge in [-0.2, -0.15) is 5.26 Å². The van der Waals surface area contributed by atoms with E-state index in [2.05, 4.69) is 21.0 Å². The van der Waals surface area contributed by atoms with Crippen molar-refractivity contribution in [1.82, 2.24) is 19.9 Å². The average Bonchev–Trinajstić information content (AvgIpc) is 3.03. The van der Waals surface area contributed by atoms with Gasteiger partial charge in [-0.05, 0) is 6.42 Å². The molecular weight excluding hydrogens is 415 g/mol. The van der Waals surface area contributed by atoms with E-state index in [4.69, 9.17) is 9.47 Å². The molecule has 2 aliphatic rings. The lowest BCUT2D eigenvalue weighted by Crippen LogP contribution is -2.53. The van der Waals surface area contributed by atoms with Crippen LogP contribution in [0.2, 0.25) is 0 Å². The second kappa shape index (κ2) is 8.94. The van der Waals surface area contributed by atoms with Crippen LogP contribution in [0.5, 0.6) is 11.6 Å². The van der Waals surface area contributed by atoms with E-state index in [0.717, 1.165) is 0 Å². The molecule has 2 aromatic rings. The maximum absolute atomic E-state index is 16.0. The smallest absolute Gasteiger partial charge is 0.261 e. The van der Waals surface area contributed by atoms with Gasteiger partial charge >= 0.3 is 0 Å². The van der Waals surface area contributed by atoms with Crippen LogP contribution in [0.4, 0.5) is 10.2 Å². The lowest BCUT2D eigenvalue weighted by molar-refractivity contribution is -0.148. The molecule has 1 amide bonds. The number of pyridine rings is 1. The lowest BCUT2D eigenvalue weighted by atomic mass is 9.90. The Labute approximate surface area is 185 Å². The van der Waals surface area contributed by atoms with Crippen molar-refractivity contribution in [3.63, 3.8) is 0 Å². The molecule has 0 unspecified atom stereocenters. The molecule has 1 fully saturated rings. The quantitative estimate of drug-likeness (QED) is 0.714. The van der Waals surface area contributed by atoms with Crippen molar-refractivity contribution in [1.29, 1.82) is 5.26 Å². The second-order valence-electron chi connectivity index (χ2n) is 7.86. The topological polar surface area (TPSA) is 104 Å². The van der Waals surface area contributed by atoms with E-state index in [1.165, 1.54) is 19.6 Å². The van der Waals surface area contributed by atoms with Crippen molar-refractivity contribution in [3.05, 3.63) is 35.9 Å². The van der Waals surface area contributed by atoms with Gasteiger partial charge in [0.25, 0.3) is 5.91 Å². The highest BCUT2D eigenvalue weighted by Crippen LogP contribution is 2.39. The fraction of sp³-hybridized carbons (Fsp3) is 0.500. The van der Waals surface area contributed by atoms with Crippen LogP contribution < -0.4 is 14.4 Å². The van der Waals surface area contributed by atoms with Gasteiger partial charge in [0.1, 0.15) is 36.1 Å². The summed E-state index contributed by atoms with van der Waals surface area (Å²) in [7, 11) is 1.52. The number of hydrogen-bond donors (Lipinski definition) is 0. The van der Waals surface area contributed by atoms with Gasteiger partial charge in [-0.1, -0.05) is 6.92 Å². The summed E-state index contributed by atoms with van der Waals surface area (Å²) < 4.78 is 26.9. The van der Waals surface area contributed by atoms with Crippen molar-refractivity contribution in [2.24, 2.45) is 0 Å². The van der Waals surface area contributed by atoms with Crippen LogP contribution in [0.15, 0.2) is 24.8 Å². The molecular formula is C22H25FN6O3. The first-order valence-electron chi connectivity index (χ1n) is 10.6. The van der Waals surface area contributed by atoms with Gasteiger partial charge in [-0.25, -0.2) is 14.4 Å². The minimum absolute atomic E-state index is 0.0509. The van der Waals surface area contributed by atoms with Crippen LogP contribution in [-0.4, -0.2) is 64.8 Å². The maximum Gasteiger partial charge on any atom is 0.261 e. The predicted molar refractivity (Wildman–Crippen MR) is 113 cm³/mol. The Hall–Kier alpha value is -3.48. The first kappa shape index (κ1) is 21.7. The van der Waals surface area contributed by atoms with Crippen LogP contribution in [0, 0.1) is 11.3 Å². The predicted octanol–water partition coefficient (Wildman–Crippen LogP) is 2.43. The number of carbonyl (C=O) groups is 1. The largest absolute Gasteiger partial charge is 0.490 e. The van der Waals surface area contributed by atoms with Crippen LogP contribution in [0.3, 0.4) is 0 Å². The van der Waals surface area contributed by atoms with Gasteiger partial charge in [0.2, 0.25) is 5.88 Å². The highest BCUT2D eigenvalue weighted by Gasteiger charge is 2.46. The molecule has 0 spiro atoms. The molecule has 1 saturated heterocycles. The molecule has 0 aromatic carbocycles.